The number of benzene rings is 2. The van der Waals surface area contributed by atoms with Crippen molar-refractivity contribution in [2.24, 2.45) is 0 Å². The molecule has 0 unspecified atom stereocenters. The third-order valence-electron chi connectivity index (χ3n) is 4.50. The van der Waals surface area contributed by atoms with Crippen molar-refractivity contribution in [3.63, 3.8) is 0 Å². The molecule has 4 rings (SSSR count). The maximum atomic E-state index is 13.3. The molecule has 0 aliphatic carbocycles. The number of aromatic nitrogens is 2. The first kappa shape index (κ1) is 16.0. The summed E-state index contributed by atoms with van der Waals surface area (Å²) in [6, 6.07) is 18.1. The quantitative estimate of drug-likeness (QED) is 0.666. The molecule has 5 heteroatoms. The first-order chi connectivity index (χ1) is 12.3. The van der Waals surface area contributed by atoms with Crippen LogP contribution in [-0.4, -0.2) is 28.3 Å². The van der Waals surface area contributed by atoms with Gasteiger partial charge in [-0.15, -0.1) is 0 Å². The Balaban J connectivity index is 1.79. The van der Waals surface area contributed by atoms with Crippen molar-refractivity contribution in [1.29, 1.82) is 0 Å². The number of hydrogen-bond donors (Lipinski definition) is 0. The molecular weight excluding hydrogens is 330 g/mol. The van der Waals surface area contributed by atoms with E-state index in [0.29, 0.717) is 5.69 Å². The zero-order valence-electron chi connectivity index (χ0n) is 14.1. The van der Waals surface area contributed by atoms with E-state index < -0.39 is 0 Å². The summed E-state index contributed by atoms with van der Waals surface area (Å²) in [6.45, 7) is 0.740. The number of fused-ring (bicyclic) bond motifs is 1. The van der Waals surface area contributed by atoms with Crippen LogP contribution >= 0.6 is 11.8 Å². The summed E-state index contributed by atoms with van der Waals surface area (Å²) in [5.41, 5.74) is 3.81. The molecule has 0 bridgehead atoms. The maximum Gasteiger partial charge on any atom is 0.276 e. The van der Waals surface area contributed by atoms with Gasteiger partial charge in [0, 0.05) is 17.9 Å². The fourth-order valence-electron chi connectivity index (χ4n) is 3.34. The summed E-state index contributed by atoms with van der Waals surface area (Å²) in [6.07, 6.45) is 5.68. The topological polar surface area (TPSA) is 38.1 Å². The lowest BCUT2D eigenvalue weighted by Gasteiger charge is -2.29. The van der Waals surface area contributed by atoms with Gasteiger partial charge in [-0.25, -0.2) is 4.98 Å². The van der Waals surface area contributed by atoms with E-state index in [9.17, 15) is 4.79 Å². The van der Waals surface area contributed by atoms with Crippen LogP contribution < -0.4 is 4.90 Å². The second kappa shape index (κ2) is 6.76. The molecule has 1 aliphatic rings. The maximum absolute atomic E-state index is 13.3. The highest BCUT2D eigenvalue weighted by atomic mass is 32.2. The monoisotopic (exact) mass is 349 g/mol. The first-order valence-electron chi connectivity index (χ1n) is 8.36. The Morgan fingerprint density at radius 3 is 2.64 bits per heavy atom. The van der Waals surface area contributed by atoms with Crippen LogP contribution in [0.2, 0.25) is 0 Å². The molecule has 126 valence electrons. The van der Waals surface area contributed by atoms with Gasteiger partial charge in [-0.1, -0.05) is 48.2 Å². The Kier molecular flexibility index (Phi) is 4.32. The number of aryl methyl sites for hydroxylation is 1. The number of anilines is 1. The average Bonchev–Trinajstić information content (AvgIpc) is 3.12. The molecule has 2 aromatic carbocycles. The van der Waals surface area contributed by atoms with Crippen molar-refractivity contribution in [2.75, 3.05) is 17.7 Å². The molecule has 0 spiro atoms. The fraction of sp³-hybridized carbons (Fsp3) is 0.200. The third kappa shape index (κ3) is 2.85. The van der Waals surface area contributed by atoms with Crippen LogP contribution in [0.15, 0.2) is 66.0 Å². The number of nitrogens with zero attached hydrogens (tertiary/aromatic N) is 3. The number of para-hydroxylation sites is 2. The summed E-state index contributed by atoms with van der Waals surface area (Å²) in [7, 11) is 0. The second-order valence-corrected chi connectivity index (χ2v) is 6.76. The molecule has 3 aromatic rings. The Hall–Kier alpha value is -2.53. The molecule has 0 radical (unpaired) electrons. The lowest BCUT2D eigenvalue weighted by atomic mass is 10.0. The second-order valence-electron chi connectivity index (χ2n) is 5.99. The van der Waals surface area contributed by atoms with Gasteiger partial charge in [0.15, 0.2) is 5.16 Å². The fourth-order valence-corrected chi connectivity index (χ4v) is 3.88. The van der Waals surface area contributed by atoms with Gasteiger partial charge >= 0.3 is 0 Å². The predicted molar refractivity (Wildman–Crippen MR) is 102 cm³/mol. The number of hydrogen-bond acceptors (Lipinski definition) is 3. The van der Waals surface area contributed by atoms with Crippen molar-refractivity contribution >= 4 is 23.4 Å². The van der Waals surface area contributed by atoms with Crippen molar-refractivity contribution in [3.8, 4) is 5.69 Å². The molecule has 1 aliphatic heterocycles. The number of thioether (sulfide) groups is 1. The molecule has 0 saturated heterocycles. The van der Waals surface area contributed by atoms with Crippen molar-refractivity contribution < 1.29 is 4.79 Å². The smallest absolute Gasteiger partial charge is 0.276 e. The zero-order valence-corrected chi connectivity index (χ0v) is 14.9. The van der Waals surface area contributed by atoms with Crippen LogP contribution in [0.1, 0.15) is 22.5 Å². The van der Waals surface area contributed by atoms with Crippen molar-refractivity contribution in [2.45, 2.75) is 18.0 Å². The molecule has 25 heavy (non-hydrogen) atoms. The van der Waals surface area contributed by atoms with E-state index in [1.54, 1.807) is 18.0 Å². The highest BCUT2D eigenvalue weighted by Crippen LogP contribution is 2.29. The molecular formula is C20H19N3OS. The average molecular weight is 349 g/mol. The summed E-state index contributed by atoms with van der Waals surface area (Å²) < 4.78 is 1.95. The highest BCUT2D eigenvalue weighted by molar-refractivity contribution is 7.98. The number of carbonyl (C=O) groups is 1. The van der Waals surface area contributed by atoms with Gasteiger partial charge in [0.2, 0.25) is 0 Å². The lowest BCUT2D eigenvalue weighted by Crippen LogP contribution is -2.36. The van der Waals surface area contributed by atoms with Crippen LogP contribution in [0, 0.1) is 0 Å². The minimum atomic E-state index is 0.00352. The molecule has 0 atom stereocenters. The molecule has 1 aromatic heterocycles. The minimum absolute atomic E-state index is 0.00352. The van der Waals surface area contributed by atoms with Crippen LogP contribution in [0.5, 0.6) is 0 Å². The number of amides is 1. The molecule has 1 amide bonds. The van der Waals surface area contributed by atoms with Gasteiger partial charge in [-0.05, 0) is 42.9 Å². The van der Waals surface area contributed by atoms with Gasteiger partial charge in [0.25, 0.3) is 5.91 Å². The summed E-state index contributed by atoms with van der Waals surface area (Å²) in [5, 5.41) is 0.819. The summed E-state index contributed by atoms with van der Waals surface area (Å²) >= 11 is 1.54. The Labute approximate surface area is 151 Å². The van der Waals surface area contributed by atoms with Gasteiger partial charge in [-0.3, -0.25) is 9.36 Å². The molecule has 0 N–H and O–H groups in total. The SMILES string of the molecule is CSc1ncc(C(=O)N2CCCc3ccccc32)n1-c1ccccc1. The van der Waals surface area contributed by atoms with Gasteiger partial charge in [-0.2, -0.15) is 0 Å². The van der Waals surface area contributed by atoms with Gasteiger partial charge in [0.05, 0.1) is 6.20 Å². The summed E-state index contributed by atoms with van der Waals surface area (Å²) in [5.74, 6) is 0.00352. The normalized spacial score (nSPS) is 13.6. The summed E-state index contributed by atoms with van der Waals surface area (Å²) in [4.78, 5) is 19.7. The zero-order chi connectivity index (χ0) is 17.2. The molecule has 0 fully saturated rings. The van der Waals surface area contributed by atoms with Crippen molar-refractivity contribution in [1.82, 2.24) is 9.55 Å². The minimum Gasteiger partial charge on any atom is -0.307 e. The Morgan fingerprint density at radius 1 is 1.08 bits per heavy atom. The van der Waals surface area contributed by atoms with Crippen LogP contribution in [0.3, 0.4) is 0 Å². The molecule has 4 nitrogen and oxygen atoms in total. The standard InChI is InChI=1S/C20H19N3OS/c1-25-20-21-14-18(23(20)16-10-3-2-4-11-16)19(24)22-13-7-9-15-8-5-6-12-17(15)22/h2-6,8,10-12,14H,7,9,13H2,1H3. The first-order valence-corrected chi connectivity index (χ1v) is 9.59. The van der Waals surface area contributed by atoms with Crippen LogP contribution in [0.4, 0.5) is 5.69 Å². The van der Waals surface area contributed by atoms with Gasteiger partial charge < -0.3 is 4.90 Å². The van der Waals surface area contributed by atoms with Crippen LogP contribution in [0.25, 0.3) is 5.69 Å². The van der Waals surface area contributed by atoms with E-state index in [0.717, 1.165) is 35.9 Å². The van der Waals surface area contributed by atoms with E-state index in [4.69, 9.17) is 0 Å². The molecule has 2 heterocycles. The third-order valence-corrected chi connectivity index (χ3v) is 5.15. The lowest BCUT2D eigenvalue weighted by molar-refractivity contribution is 0.0978. The number of carbonyl (C=O) groups excluding carboxylic acids is 1. The Bertz CT molecular complexity index is 904. The number of imidazole rings is 1. The number of rotatable bonds is 3. The highest BCUT2D eigenvalue weighted by Gasteiger charge is 2.27. The van der Waals surface area contributed by atoms with E-state index in [1.165, 1.54) is 5.56 Å². The predicted octanol–water partition coefficient (Wildman–Crippen LogP) is 4.19. The molecule has 0 saturated carbocycles. The largest absolute Gasteiger partial charge is 0.307 e. The van der Waals surface area contributed by atoms with E-state index in [-0.39, 0.29) is 5.91 Å². The van der Waals surface area contributed by atoms with Crippen LogP contribution in [-0.2, 0) is 6.42 Å². The van der Waals surface area contributed by atoms with E-state index in [1.807, 2.05) is 64.3 Å². The van der Waals surface area contributed by atoms with Crippen molar-refractivity contribution in [3.05, 3.63) is 72.1 Å². The van der Waals surface area contributed by atoms with Gasteiger partial charge in [0.1, 0.15) is 5.69 Å². The Morgan fingerprint density at radius 2 is 1.84 bits per heavy atom. The van der Waals surface area contributed by atoms with E-state index >= 15 is 0 Å². The van der Waals surface area contributed by atoms with E-state index in [2.05, 4.69) is 11.1 Å².